The predicted octanol–water partition coefficient (Wildman–Crippen LogP) is 3.34. The van der Waals surface area contributed by atoms with Crippen molar-refractivity contribution in [2.75, 3.05) is 20.2 Å². The number of methoxy groups -OCH3 is 1. The van der Waals surface area contributed by atoms with Crippen LogP contribution in [0.3, 0.4) is 0 Å². The van der Waals surface area contributed by atoms with Gasteiger partial charge in [-0.2, -0.15) is 0 Å². The van der Waals surface area contributed by atoms with Gasteiger partial charge in [-0.3, -0.25) is 4.90 Å². The van der Waals surface area contributed by atoms with Crippen LogP contribution in [0.5, 0.6) is 0 Å². The van der Waals surface area contributed by atoms with Crippen LogP contribution in [0.4, 0.5) is 4.79 Å². The number of rotatable bonds is 0. The monoisotopic (exact) mass is 354 g/mol. The summed E-state index contributed by atoms with van der Waals surface area (Å²) in [5.41, 5.74) is 3.39. The van der Waals surface area contributed by atoms with E-state index in [1.54, 1.807) is 4.57 Å². The van der Waals surface area contributed by atoms with Gasteiger partial charge in [0.1, 0.15) is 0 Å². The van der Waals surface area contributed by atoms with Crippen molar-refractivity contribution in [3.63, 3.8) is 0 Å². The highest BCUT2D eigenvalue weighted by Crippen LogP contribution is 2.48. The molecule has 5 rings (SSSR count). The van der Waals surface area contributed by atoms with Gasteiger partial charge >= 0.3 is 6.09 Å². The Bertz CT molecular complexity index is 858. The van der Waals surface area contributed by atoms with E-state index in [-0.39, 0.29) is 18.2 Å². The Morgan fingerprint density at radius 2 is 2.04 bits per heavy atom. The minimum Gasteiger partial charge on any atom is -0.452 e. The summed E-state index contributed by atoms with van der Waals surface area (Å²) in [6, 6.07) is 8.42. The molecule has 0 bridgehead atoms. The topological polar surface area (TPSA) is 54.7 Å². The van der Waals surface area contributed by atoms with Gasteiger partial charge in [-0.1, -0.05) is 18.2 Å². The minimum atomic E-state index is -0.296. The molecule has 2 fully saturated rings. The number of carbonyl (C=O) groups is 1. The zero-order chi connectivity index (χ0) is 17.8. The molecule has 1 aromatic heterocycles. The Morgan fingerprint density at radius 3 is 2.88 bits per heavy atom. The van der Waals surface area contributed by atoms with Gasteiger partial charge in [0.05, 0.1) is 30.5 Å². The maximum atomic E-state index is 12.7. The second kappa shape index (κ2) is 6.10. The number of hydrogen-bond acceptors (Lipinski definition) is 4. The first-order valence-corrected chi connectivity index (χ1v) is 9.80. The number of para-hydroxylation sites is 1. The molecule has 1 aliphatic carbocycles. The predicted molar refractivity (Wildman–Crippen MR) is 99.2 cm³/mol. The summed E-state index contributed by atoms with van der Waals surface area (Å²) < 4.78 is 6.94. The summed E-state index contributed by atoms with van der Waals surface area (Å²) >= 11 is 0. The summed E-state index contributed by atoms with van der Waals surface area (Å²) in [7, 11) is 1.46. The van der Waals surface area contributed by atoms with E-state index in [9.17, 15) is 9.90 Å². The molecule has 4 unspecified atom stereocenters. The Hall–Kier alpha value is -1.85. The number of fused-ring (bicyclic) bond motifs is 6. The molecule has 2 aliphatic heterocycles. The molecule has 5 nitrogen and oxygen atoms in total. The number of aliphatic hydroxyl groups excluding tert-OH is 1. The summed E-state index contributed by atoms with van der Waals surface area (Å²) in [6.07, 6.45) is 4.53. The molecule has 3 aliphatic rings. The molecule has 0 amide bonds. The van der Waals surface area contributed by atoms with Crippen molar-refractivity contribution in [1.82, 2.24) is 9.47 Å². The molecule has 138 valence electrons. The van der Waals surface area contributed by atoms with Gasteiger partial charge in [0, 0.05) is 18.5 Å². The van der Waals surface area contributed by atoms with Crippen molar-refractivity contribution in [2.45, 2.75) is 44.2 Å². The van der Waals surface area contributed by atoms with E-state index in [4.69, 9.17) is 4.74 Å². The minimum absolute atomic E-state index is 0.155. The third-order valence-electron chi connectivity index (χ3n) is 6.89. The largest absolute Gasteiger partial charge is 0.452 e. The van der Waals surface area contributed by atoms with Crippen LogP contribution in [-0.2, 0) is 11.2 Å². The van der Waals surface area contributed by atoms with Gasteiger partial charge in [-0.25, -0.2) is 9.36 Å². The Morgan fingerprint density at radius 1 is 1.19 bits per heavy atom. The van der Waals surface area contributed by atoms with Crippen LogP contribution in [-0.4, -0.2) is 47.0 Å². The lowest BCUT2D eigenvalue weighted by Gasteiger charge is -2.49. The number of benzene rings is 1. The van der Waals surface area contributed by atoms with Crippen LogP contribution in [0.25, 0.3) is 10.9 Å². The lowest BCUT2D eigenvalue weighted by atomic mass is 9.70. The molecular formula is C21H26N2O3. The molecule has 0 spiro atoms. The van der Waals surface area contributed by atoms with E-state index in [0.717, 1.165) is 56.4 Å². The molecule has 4 atom stereocenters. The molecule has 2 aromatic rings. The first kappa shape index (κ1) is 16.3. The third-order valence-corrected chi connectivity index (χ3v) is 6.89. The van der Waals surface area contributed by atoms with Gasteiger partial charge in [-0.05, 0) is 55.6 Å². The van der Waals surface area contributed by atoms with E-state index < -0.39 is 0 Å². The smallest absolute Gasteiger partial charge is 0.418 e. The quantitative estimate of drug-likeness (QED) is 0.788. The van der Waals surface area contributed by atoms with Gasteiger partial charge in [0.2, 0.25) is 0 Å². The van der Waals surface area contributed by atoms with Crippen molar-refractivity contribution in [2.24, 2.45) is 11.8 Å². The Labute approximate surface area is 153 Å². The molecule has 5 heteroatoms. The fourth-order valence-corrected chi connectivity index (χ4v) is 5.71. The summed E-state index contributed by atoms with van der Waals surface area (Å²) in [5.74, 6) is 1.24. The first-order chi connectivity index (χ1) is 12.7. The molecule has 3 heterocycles. The number of hydrogen-bond donors (Lipinski definition) is 1. The fraction of sp³-hybridized carbons (Fsp3) is 0.571. The lowest BCUT2D eigenvalue weighted by molar-refractivity contribution is -0.0115. The van der Waals surface area contributed by atoms with E-state index in [0.29, 0.717) is 11.8 Å². The van der Waals surface area contributed by atoms with Gasteiger partial charge in [-0.15, -0.1) is 0 Å². The highest BCUT2D eigenvalue weighted by Gasteiger charge is 2.43. The maximum Gasteiger partial charge on any atom is 0.418 e. The average molecular weight is 354 g/mol. The van der Waals surface area contributed by atoms with Crippen molar-refractivity contribution in [3.8, 4) is 0 Å². The van der Waals surface area contributed by atoms with E-state index in [1.807, 2.05) is 18.2 Å². The van der Waals surface area contributed by atoms with Crippen molar-refractivity contribution in [1.29, 1.82) is 0 Å². The zero-order valence-corrected chi connectivity index (χ0v) is 15.2. The second-order valence-corrected chi connectivity index (χ2v) is 8.17. The fourth-order valence-electron chi connectivity index (χ4n) is 5.71. The van der Waals surface area contributed by atoms with E-state index >= 15 is 0 Å². The highest BCUT2D eigenvalue weighted by molar-refractivity contribution is 5.94. The van der Waals surface area contributed by atoms with E-state index in [1.165, 1.54) is 18.1 Å². The Balaban J connectivity index is 1.63. The zero-order valence-electron chi connectivity index (χ0n) is 15.2. The van der Waals surface area contributed by atoms with Gasteiger partial charge in [0.15, 0.2) is 0 Å². The van der Waals surface area contributed by atoms with Gasteiger partial charge < -0.3 is 9.84 Å². The summed E-state index contributed by atoms with van der Waals surface area (Å²) in [6.45, 7) is 2.14. The first-order valence-electron chi connectivity index (χ1n) is 9.80. The van der Waals surface area contributed by atoms with Crippen molar-refractivity contribution >= 4 is 17.0 Å². The second-order valence-electron chi connectivity index (χ2n) is 8.17. The molecule has 1 N–H and O–H groups in total. The molecule has 26 heavy (non-hydrogen) atoms. The molecule has 1 aromatic carbocycles. The SMILES string of the molecule is COC(=O)n1c2c(c3ccccc31)CCN1CC3CCC(O)CC3CC21. The summed E-state index contributed by atoms with van der Waals surface area (Å²) in [4.78, 5) is 15.2. The number of ether oxygens (including phenoxy) is 1. The van der Waals surface area contributed by atoms with Crippen LogP contribution in [0.1, 0.15) is 43.0 Å². The van der Waals surface area contributed by atoms with E-state index in [2.05, 4.69) is 11.0 Å². The van der Waals surface area contributed by atoms with Crippen molar-refractivity contribution in [3.05, 3.63) is 35.5 Å². The number of aromatic nitrogens is 1. The molecule has 1 saturated carbocycles. The number of carbonyl (C=O) groups excluding carboxylic acids is 1. The lowest BCUT2D eigenvalue weighted by Crippen LogP contribution is -2.48. The molecule has 1 saturated heterocycles. The molecular weight excluding hydrogens is 328 g/mol. The van der Waals surface area contributed by atoms with Crippen LogP contribution in [0.2, 0.25) is 0 Å². The van der Waals surface area contributed by atoms with Crippen LogP contribution in [0.15, 0.2) is 24.3 Å². The molecule has 0 radical (unpaired) electrons. The maximum absolute atomic E-state index is 12.7. The number of nitrogens with zero attached hydrogens (tertiary/aromatic N) is 2. The normalized spacial score (nSPS) is 31.2. The Kier molecular flexibility index (Phi) is 3.83. The standard InChI is InChI=1S/C21H26N2O3/c1-26-21(25)23-18-5-3-2-4-16(18)17-8-9-22-12-13-6-7-15(24)10-14(13)11-19(22)20(17)23/h2-5,13-15,19,24H,6-12H2,1H3. The van der Waals surface area contributed by atoms with Crippen LogP contribution >= 0.6 is 0 Å². The summed E-state index contributed by atoms with van der Waals surface area (Å²) in [5, 5.41) is 11.3. The van der Waals surface area contributed by atoms with Crippen LogP contribution in [0, 0.1) is 11.8 Å². The highest BCUT2D eigenvalue weighted by atomic mass is 16.5. The van der Waals surface area contributed by atoms with Gasteiger partial charge in [0.25, 0.3) is 0 Å². The third kappa shape index (κ3) is 2.33. The van der Waals surface area contributed by atoms with Crippen molar-refractivity contribution < 1.29 is 14.6 Å². The number of aliphatic hydroxyl groups is 1. The average Bonchev–Trinajstić information content (AvgIpc) is 3.01. The number of piperidine rings is 1. The van der Waals surface area contributed by atoms with Crippen LogP contribution < -0.4 is 0 Å².